The fourth-order valence-electron chi connectivity index (χ4n) is 3.50. The molecule has 1 fully saturated rings. The molecule has 0 aliphatic carbocycles. The molecule has 2 aromatic heterocycles. The Labute approximate surface area is 160 Å². The SMILES string of the molecule is Cc1oncc1CN1CCN(c2ccc3c(=O)n(CC(F)F)cnc3c2)CC1. The number of fused-ring (bicyclic) bond motifs is 1. The van der Waals surface area contributed by atoms with E-state index < -0.39 is 18.5 Å². The Morgan fingerprint density at radius 3 is 2.68 bits per heavy atom. The van der Waals surface area contributed by atoms with Crippen molar-refractivity contribution in [1.82, 2.24) is 19.6 Å². The first-order valence-corrected chi connectivity index (χ1v) is 9.16. The summed E-state index contributed by atoms with van der Waals surface area (Å²) in [5.74, 6) is 0.848. The quantitative estimate of drug-likeness (QED) is 0.667. The molecular formula is C19H21F2N5O2. The largest absolute Gasteiger partial charge is 0.369 e. The molecule has 0 radical (unpaired) electrons. The Hall–Kier alpha value is -2.81. The normalized spacial score (nSPS) is 15.6. The highest BCUT2D eigenvalue weighted by Crippen LogP contribution is 2.21. The van der Waals surface area contributed by atoms with E-state index in [2.05, 4.69) is 19.9 Å². The van der Waals surface area contributed by atoms with Gasteiger partial charge in [0.25, 0.3) is 12.0 Å². The first-order chi connectivity index (χ1) is 13.5. The highest BCUT2D eigenvalue weighted by molar-refractivity contribution is 5.81. The Kier molecular flexibility index (Phi) is 5.08. The van der Waals surface area contributed by atoms with Gasteiger partial charge in [-0.05, 0) is 25.1 Å². The summed E-state index contributed by atoms with van der Waals surface area (Å²) in [4.78, 5) is 21.1. The van der Waals surface area contributed by atoms with Crippen molar-refractivity contribution in [2.24, 2.45) is 0 Å². The number of halogens is 2. The van der Waals surface area contributed by atoms with Crippen LogP contribution in [0.4, 0.5) is 14.5 Å². The van der Waals surface area contributed by atoms with Gasteiger partial charge in [-0.3, -0.25) is 14.3 Å². The lowest BCUT2D eigenvalue weighted by Gasteiger charge is -2.36. The molecule has 148 valence electrons. The molecule has 1 aliphatic rings. The number of aromatic nitrogens is 3. The summed E-state index contributed by atoms with van der Waals surface area (Å²) in [6.45, 7) is 5.56. The number of benzene rings is 1. The number of hydrogen-bond acceptors (Lipinski definition) is 6. The fourth-order valence-corrected chi connectivity index (χ4v) is 3.50. The predicted molar refractivity (Wildman–Crippen MR) is 101 cm³/mol. The van der Waals surface area contributed by atoms with E-state index >= 15 is 0 Å². The highest BCUT2D eigenvalue weighted by atomic mass is 19.3. The highest BCUT2D eigenvalue weighted by Gasteiger charge is 2.19. The summed E-state index contributed by atoms with van der Waals surface area (Å²) in [5, 5.41) is 4.17. The first kappa shape index (κ1) is 18.5. The van der Waals surface area contributed by atoms with Crippen molar-refractivity contribution in [3.63, 3.8) is 0 Å². The van der Waals surface area contributed by atoms with Crippen LogP contribution in [0.5, 0.6) is 0 Å². The number of anilines is 1. The molecule has 0 N–H and O–H groups in total. The number of aryl methyl sites for hydroxylation is 1. The Morgan fingerprint density at radius 1 is 1.21 bits per heavy atom. The lowest BCUT2D eigenvalue weighted by atomic mass is 10.2. The van der Waals surface area contributed by atoms with Crippen LogP contribution in [0.25, 0.3) is 10.9 Å². The van der Waals surface area contributed by atoms with E-state index in [-0.39, 0.29) is 0 Å². The van der Waals surface area contributed by atoms with E-state index in [1.54, 1.807) is 12.3 Å². The Morgan fingerprint density at radius 2 is 2.00 bits per heavy atom. The van der Waals surface area contributed by atoms with Crippen molar-refractivity contribution in [2.45, 2.75) is 26.4 Å². The summed E-state index contributed by atoms with van der Waals surface area (Å²) in [7, 11) is 0. The van der Waals surface area contributed by atoms with Crippen LogP contribution in [-0.4, -0.2) is 52.2 Å². The first-order valence-electron chi connectivity index (χ1n) is 9.16. The van der Waals surface area contributed by atoms with Crippen LogP contribution in [0.3, 0.4) is 0 Å². The van der Waals surface area contributed by atoms with Crippen LogP contribution >= 0.6 is 0 Å². The van der Waals surface area contributed by atoms with Gasteiger partial charge in [0.2, 0.25) is 0 Å². The molecule has 3 aromatic rings. The second-order valence-corrected chi connectivity index (χ2v) is 6.97. The maximum absolute atomic E-state index is 12.6. The van der Waals surface area contributed by atoms with Crippen LogP contribution in [0.1, 0.15) is 11.3 Å². The lowest BCUT2D eigenvalue weighted by Crippen LogP contribution is -2.46. The molecule has 1 aliphatic heterocycles. The molecule has 3 heterocycles. The average molecular weight is 389 g/mol. The van der Waals surface area contributed by atoms with Gasteiger partial charge < -0.3 is 9.42 Å². The topological polar surface area (TPSA) is 67.4 Å². The summed E-state index contributed by atoms with van der Waals surface area (Å²) in [6.07, 6.45) is 0.367. The monoisotopic (exact) mass is 389 g/mol. The van der Waals surface area contributed by atoms with E-state index in [9.17, 15) is 13.6 Å². The summed E-state index contributed by atoms with van der Waals surface area (Å²) < 4.78 is 31.2. The Bertz CT molecular complexity index is 1020. The molecule has 1 saturated heterocycles. The van der Waals surface area contributed by atoms with Crippen molar-refractivity contribution in [1.29, 1.82) is 0 Å². The van der Waals surface area contributed by atoms with E-state index in [1.807, 2.05) is 19.1 Å². The number of hydrogen-bond donors (Lipinski definition) is 0. The van der Waals surface area contributed by atoms with Gasteiger partial charge in [0.05, 0.1) is 30.0 Å². The maximum atomic E-state index is 12.6. The molecule has 9 heteroatoms. The van der Waals surface area contributed by atoms with E-state index in [0.717, 1.165) is 54.3 Å². The van der Waals surface area contributed by atoms with Crippen molar-refractivity contribution in [2.75, 3.05) is 31.1 Å². The van der Waals surface area contributed by atoms with Gasteiger partial charge >= 0.3 is 0 Å². The smallest absolute Gasteiger partial charge is 0.261 e. The summed E-state index contributed by atoms with van der Waals surface area (Å²) in [6, 6.07) is 5.38. The van der Waals surface area contributed by atoms with Gasteiger partial charge in [-0.2, -0.15) is 0 Å². The molecule has 0 spiro atoms. The van der Waals surface area contributed by atoms with Gasteiger partial charge in [0.15, 0.2) is 0 Å². The lowest BCUT2D eigenvalue weighted by molar-refractivity contribution is 0.125. The van der Waals surface area contributed by atoms with Gasteiger partial charge in [-0.15, -0.1) is 0 Å². The van der Waals surface area contributed by atoms with Crippen LogP contribution in [0.15, 0.2) is 40.0 Å². The molecular weight excluding hydrogens is 368 g/mol. The Balaban J connectivity index is 1.46. The van der Waals surface area contributed by atoms with Gasteiger partial charge in [0.1, 0.15) is 5.76 Å². The van der Waals surface area contributed by atoms with E-state index in [4.69, 9.17) is 4.52 Å². The minimum Gasteiger partial charge on any atom is -0.369 e. The average Bonchev–Trinajstić information content (AvgIpc) is 3.09. The maximum Gasteiger partial charge on any atom is 0.261 e. The van der Waals surface area contributed by atoms with E-state index in [0.29, 0.717) is 10.9 Å². The van der Waals surface area contributed by atoms with Gasteiger partial charge in [-0.1, -0.05) is 5.16 Å². The molecule has 0 atom stereocenters. The fraction of sp³-hybridized carbons (Fsp3) is 0.421. The van der Waals surface area contributed by atoms with Crippen LogP contribution in [0, 0.1) is 6.92 Å². The molecule has 0 saturated carbocycles. The van der Waals surface area contributed by atoms with Crippen LogP contribution in [-0.2, 0) is 13.1 Å². The summed E-state index contributed by atoms with van der Waals surface area (Å²) in [5.41, 5.74) is 2.16. The van der Waals surface area contributed by atoms with Crippen molar-refractivity contribution >= 4 is 16.6 Å². The number of nitrogens with zero attached hydrogens (tertiary/aromatic N) is 5. The van der Waals surface area contributed by atoms with Crippen LogP contribution < -0.4 is 10.5 Å². The molecule has 1 aromatic carbocycles. The standard InChI is InChI=1S/C19H21F2N5O2/c1-13-14(9-23-28-13)10-24-4-6-25(7-5-24)15-2-3-16-17(8-15)22-12-26(19(16)27)11-18(20)21/h2-3,8-9,12,18H,4-7,10-11H2,1H3. The van der Waals surface area contributed by atoms with Crippen molar-refractivity contribution in [3.05, 3.63) is 52.4 Å². The zero-order valence-corrected chi connectivity index (χ0v) is 15.5. The molecule has 4 rings (SSSR count). The van der Waals surface area contributed by atoms with Gasteiger partial charge in [-0.25, -0.2) is 13.8 Å². The second kappa shape index (κ2) is 7.67. The number of alkyl halides is 2. The second-order valence-electron chi connectivity index (χ2n) is 6.97. The molecule has 28 heavy (non-hydrogen) atoms. The van der Waals surface area contributed by atoms with Gasteiger partial charge in [0, 0.05) is 44.0 Å². The zero-order valence-electron chi connectivity index (χ0n) is 15.5. The molecule has 0 bridgehead atoms. The molecule has 0 amide bonds. The summed E-state index contributed by atoms with van der Waals surface area (Å²) >= 11 is 0. The van der Waals surface area contributed by atoms with Crippen molar-refractivity contribution in [3.8, 4) is 0 Å². The third-order valence-corrected chi connectivity index (χ3v) is 5.13. The van der Waals surface area contributed by atoms with E-state index in [1.165, 1.54) is 6.33 Å². The zero-order chi connectivity index (χ0) is 19.7. The molecule has 0 unspecified atom stereocenters. The third kappa shape index (κ3) is 3.75. The van der Waals surface area contributed by atoms with Crippen LogP contribution in [0.2, 0.25) is 0 Å². The van der Waals surface area contributed by atoms with Crippen molar-refractivity contribution < 1.29 is 13.3 Å². The predicted octanol–water partition coefficient (Wildman–Crippen LogP) is 2.28. The minimum absolute atomic E-state index is 0.355. The number of rotatable bonds is 5. The third-order valence-electron chi connectivity index (χ3n) is 5.13. The molecule has 7 nitrogen and oxygen atoms in total. The minimum atomic E-state index is -2.59. The number of piperazine rings is 1.